The highest BCUT2D eigenvalue weighted by Crippen LogP contribution is 2.38. The lowest BCUT2D eigenvalue weighted by atomic mass is 10.1. The maximum absolute atomic E-state index is 13.6. The number of hydrogen-bond acceptors (Lipinski definition) is 6. The van der Waals surface area contributed by atoms with E-state index in [-0.39, 0.29) is 11.6 Å². The molecule has 1 aliphatic heterocycles. The Hall–Kier alpha value is -5.80. The molecule has 0 spiro atoms. The summed E-state index contributed by atoms with van der Waals surface area (Å²) in [6.07, 6.45) is 1.65. The van der Waals surface area contributed by atoms with Crippen molar-refractivity contribution in [2.75, 3.05) is 23.8 Å². The van der Waals surface area contributed by atoms with Crippen LogP contribution < -0.4 is 25.4 Å². The Bertz CT molecular complexity index is 1950. The minimum Gasteiger partial charge on any atom is -0.486 e. The fourth-order valence-electron chi connectivity index (χ4n) is 5.05. The van der Waals surface area contributed by atoms with E-state index in [4.69, 9.17) is 9.47 Å². The molecule has 0 saturated heterocycles. The molecular formula is C39H33N3O5S. The van der Waals surface area contributed by atoms with Crippen molar-refractivity contribution in [1.29, 1.82) is 0 Å². The number of anilines is 2. The van der Waals surface area contributed by atoms with Crippen LogP contribution in [0.1, 0.15) is 32.3 Å². The van der Waals surface area contributed by atoms with Crippen molar-refractivity contribution in [3.05, 3.63) is 155 Å². The highest BCUT2D eigenvalue weighted by Gasteiger charge is 2.23. The van der Waals surface area contributed by atoms with Crippen molar-refractivity contribution in [3.8, 4) is 11.5 Å². The van der Waals surface area contributed by atoms with E-state index in [0.717, 1.165) is 21.6 Å². The largest absolute Gasteiger partial charge is 0.486 e. The molecule has 0 radical (unpaired) electrons. The normalized spacial score (nSPS) is 12.8. The molecule has 48 heavy (non-hydrogen) atoms. The van der Waals surface area contributed by atoms with Crippen molar-refractivity contribution < 1.29 is 23.9 Å². The topological polar surface area (TPSA) is 106 Å². The van der Waals surface area contributed by atoms with Gasteiger partial charge in [0.15, 0.2) is 11.5 Å². The van der Waals surface area contributed by atoms with E-state index >= 15 is 0 Å². The summed E-state index contributed by atoms with van der Waals surface area (Å²) in [6, 6.07) is 38.5. The molecule has 5 aromatic rings. The number of hydrogen-bond donors (Lipinski definition) is 3. The molecule has 0 fully saturated rings. The molecule has 0 bridgehead atoms. The van der Waals surface area contributed by atoms with E-state index in [1.807, 2.05) is 79.7 Å². The van der Waals surface area contributed by atoms with Crippen LogP contribution in [0.4, 0.5) is 11.4 Å². The van der Waals surface area contributed by atoms with Crippen LogP contribution in [0, 0.1) is 6.92 Å². The van der Waals surface area contributed by atoms with Gasteiger partial charge in [0.25, 0.3) is 11.8 Å². The molecule has 1 unspecified atom stereocenters. The second-order valence-corrected chi connectivity index (χ2v) is 12.2. The van der Waals surface area contributed by atoms with Gasteiger partial charge in [-0.15, -0.1) is 11.8 Å². The molecule has 6 rings (SSSR count). The van der Waals surface area contributed by atoms with Gasteiger partial charge in [-0.25, -0.2) is 0 Å². The standard InChI is InChI=1S/C39H33N3O5S/c1-26-9-8-10-27(23-26)24-33(42-37(43)29-13-6-3-7-14-29)38(44)40-30-15-18-32(19-16-30)48-36(28-11-4-2-5-12-28)39(45)41-31-17-20-34-35(25-31)47-22-21-46-34/h2-20,23-25,36H,21-22H2,1H3,(H,40,44)(H,41,45)(H,42,43)/b33-24-. The SMILES string of the molecule is Cc1cccc(/C=C(\NC(=O)c2ccccc2)C(=O)Nc2ccc(SC(C(=O)Nc3ccc4c(c3)OCCO4)c3ccccc3)cc2)c1. The Morgan fingerprint density at radius 3 is 2.12 bits per heavy atom. The van der Waals surface area contributed by atoms with Crippen LogP contribution in [0.5, 0.6) is 11.5 Å². The molecule has 9 heteroatoms. The van der Waals surface area contributed by atoms with Gasteiger partial charge in [0.2, 0.25) is 5.91 Å². The summed E-state index contributed by atoms with van der Waals surface area (Å²) in [5.41, 5.74) is 4.33. The molecular weight excluding hydrogens is 623 g/mol. The fraction of sp³-hybridized carbons (Fsp3) is 0.103. The number of thioether (sulfide) groups is 1. The molecule has 3 amide bonds. The summed E-state index contributed by atoms with van der Waals surface area (Å²) in [5.74, 6) is 0.189. The zero-order chi connectivity index (χ0) is 33.3. The third kappa shape index (κ3) is 8.31. The van der Waals surface area contributed by atoms with Gasteiger partial charge in [-0.3, -0.25) is 14.4 Å². The monoisotopic (exact) mass is 655 g/mol. The molecule has 240 valence electrons. The Labute approximate surface area is 283 Å². The summed E-state index contributed by atoms with van der Waals surface area (Å²) < 4.78 is 11.3. The van der Waals surface area contributed by atoms with Crippen LogP contribution in [-0.2, 0) is 9.59 Å². The highest BCUT2D eigenvalue weighted by atomic mass is 32.2. The van der Waals surface area contributed by atoms with Gasteiger partial charge < -0.3 is 25.4 Å². The second kappa shape index (κ2) is 15.2. The number of aryl methyl sites for hydroxylation is 1. The van der Waals surface area contributed by atoms with Gasteiger partial charge >= 0.3 is 0 Å². The van der Waals surface area contributed by atoms with Crippen LogP contribution >= 0.6 is 11.8 Å². The van der Waals surface area contributed by atoms with E-state index in [1.165, 1.54) is 11.8 Å². The number of carbonyl (C=O) groups excluding carboxylic acids is 3. The average molecular weight is 656 g/mol. The van der Waals surface area contributed by atoms with Crippen LogP contribution in [0.3, 0.4) is 0 Å². The molecule has 8 nitrogen and oxygen atoms in total. The van der Waals surface area contributed by atoms with Gasteiger partial charge in [-0.1, -0.05) is 78.4 Å². The van der Waals surface area contributed by atoms with Crippen molar-refractivity contribution in [1.82, 2.24) is 5.32 Å². The summed E-state index contributed by atoms with van der Waals surface area (Å²) >= 11 is 1.39. The minimum absolute atomic E-state index is 0.104. The number of nitrogens with one attached hydrogen (secondary N) is 3. The van der Waals surface area contributed by atoms with Crippen molar-refractivity contribution in [2.45, 2.75) is 17.1 Å². The first-order valence-corrected chi connectivity index (χ1v) is 16.3. The smallest absolute Gasteiger partial charge is 0.272 e. The molecule has 3 N–H and O–H groups in total. The van der Waals surface area contributed by atoms with E-state index in [9.17, 15) is 14.4 Å². The van der Waals surface area contributed by atoms with Gasteiger partial charge in [0.05, 0.1) is 0 Å². The lowest BCUT2D eigenvalue weighted by Gasteiger charge is -2.20. The van der Waals surface area contributed by atoms with Gasteiger partial charge in [0.1, 0.15) is 24.2 Å². The van der Waals surface area contributed by atoms with E-state index in [1.54, 1.807) is 60.7 Å². The number of carbonyl (C=O) groups is 3. The summed E-state index contributed by atoms with van der Waals surface area (Å²) in [7, 11) is 0. The zero-order valence-corrected chi connectivity index (χ0v) is 27.0. The van der Waals surface area contributed by atoms with E-state index < -0.39 is 17.1 Å². The van der Waals surface area contributed by atoms with Crippen LogP contribution in [0.15, 0.2) is 138 Å². The van der Waals surface area contributed by atoms with Gasteiger partial charge in [0, 0.05) is 27.9 Å². The maximum Gasteiger partial charge on any atom is 0.272 e. The Balaban J connectivity index is 1.17. The van der Waals surface area contributed by atoms with Gasteiger partial charge in [-0.05, 0) is 72.7 Å². The van der Waals surface area contributed by atoms with Crippen LogP contribution in [0.25, 0.3) is 6.08 Å². The summed E-state index contributed by atoms with van der Waals surface area (Å²) in [4.78, 5) is 40.9. The molecule has 0 aromatic heterocycles. The van der Waals surface area contributed by atoms with E-state index in [2.05, 4.69) is 16.0 Å². The highest BCUT2D eigenvalue weighted by molar-refractivity contribution is 8.00. The number of amides is 3. The van der Waals surface area contributed by atoms with Crippen LogP contribution in [-0.4, -0.2) is 30.9 Å². The molecule has 0 aliphatic carbocycles. The molecule has 1 aliphatic rings. The number of fused-ring (bicyclic) bond motifs is 1. The first kappa shape index (κ1) is 32.2. The molecule has 1 heterocycles. The molecule has 5 aromatic carbocycles. The third-order valence-electron chi connectivity index (χ3n) is 7.40. The maximum atomic E-state index is 13.6. The quantitative estimate of drug-likeness (QED) is 0.105. The number of benzene rings is 5. The Kier molecular flexibility index (Phi) is 10.2. The second-order valence-electron chi connectivity index (χ2n) is 11.0. The van der Waals surface area contributed by atoms with E-state index in [0.29, 0.717) is 41.7 Å². The summed E-state index contributed by atoms with van der Waals surface area (Å²) in [6.45, 7) is 2.91. The lowest BCUT2D eigenvalue weighted by Crippen LogP contribution is -2.30. The first-order chi connectivity index (χ1) is 23.4. The lowest BCUT2D eigenvalue weighted by molar-refractivity contribution is -0.116. The zero-order valence-electron chi connectivity index (χ0n) is 26.1. The minimum atomic E-state index is -0.558. The van der Waals surface area contributed by atoms with Crippen molar-refractivity contribution in [3.63, 3.8) is 0 Å². The number of ether oxygens (including phenoxy) is 2. The fourth-order valence-corrected chi connectivity index (χ4v) is 6.07. The average Bonchev–Trinajstić information content (AvgIpc) is 3.11. The van der Waals surface area contributed by atoms with Crippen molar-refractivity contribution >= 4 is 46.9 Å². The molecule has 0 saturated carbocycles. The molecule has 1 atom stereocenters. The van der Waals surface area contributed by atoms with Gasteiger partial charge in [-0.2, -0.15) is 0 Å². The first-order valence-electron chi connectivity index (χ1n) is 15.4. The summed E-state index contributed by atoms with van der Waals surface area (Å²) in [5, 5.41) is 8.13. The predicted molar refractivity (Wildman–Crippen MR) is 189 cm³/mol. The Morgan fingerprint density at radius 1 is 0.708 bits per heavy atom. The number of rotatable bonds is 10. The van der Waals surface area contributed by atoms with Crippen LogP contribution in [0.2, 0.25) is 0 Å². The third-order valence-corrected chi connectivity index (χ3v) is 8.66. The Morgan fingerprint density at radius 2 is 1.40 bits per heavy atom. The predicted octanol–water partition coefficient (Wildman–Crippen LogP) is 7.65. The van der Waals surface area contributed by atoms with Crippen molar-refractivity contribution in [2.24, 2.45) is 0 Å².